The molecule has 2 aromatic rings. The molecule has 1 heterocycles. The molecule has 100 valence electrons. The lowest BCUT2D eigenvalue weighted by Gasteiger charge is -2.07. The van der Waals surface area contributed by atoms with E-state index in [1.165, 1.54) is 0 Å². The van der Waals surface area contributed by atoms with Crippen LogP contribution in [0.25, 0.3) is 0 Å². The Hall–Kier alpha value is -2.44. The number of carbonyl (C=O) groups is 1. The predicted octanol–water partition coefficient (Wildman–Crippen LogP) is 0.246. The van der Waals surface area contributed by atoms with Crippen molar-refractivity contribution in [2.45, 2.75) is 13.3 Å². The highest BCUT2D eigenvalue weighted by molar-refractivity contribution is 5.77. The van der Waals surface area contributed by atoms with Gasteiger partial charge in [-0.05, 0) is 24.6 Å². The molecule has 7 heteroatoms. The Bertz CT molecular complexity index is 527. The van der Waals surface area contributed by atoms with Crippen LogP contribution in [0.15, 0.2) is 24.3 Å². The molecule has 0 fully saturated rings. The van der Waals surface area contributed by atoms with E-state index in [1.54, 1.807) is 0 Å². The molecule has 0 atom stereocenters. The summed E-state index contributed by atoms with van der Waals surface area (Å²) < 4.78 is 5.37. The molecule has 0 aliphatic rings. The Morgan fingerprint density at radius 1 is 1.47 bits per heavy atom. The molecule has 0 bridgehead atoms. The van der Waals surface area contributed by atoms with Crippen LogP contribution in [0, 0.1) is 6.92 Å². The molecular formula is C12H15N5O2. The van der Waals surface area contributed by atoms with Crippen LogP contribution in [0.4, 0.5) is 0 Å². The van der Waals surface area contributed by atoms with Crippen LogP contribution in [0.1, 0.15) is 11.4 Å². The number of aryl methyl sites for hydroxylation is 1. The molecule has 0 aliphatic carbocycles. The number of nitrogens with one attached hydrogen (secondary N) is 2. The summed E-state index contributed by atoms with van der Waals surface area (Å²) in [6.07, 6.45) is 0.534. The van der Waals surface area contributed by atoms with E-state index in [2.05, 4.69) is 25.9 Å². The van der Waals surface area contributed by atoms with Crippen molar-refractivity contribution in [3.8, 4) is 5.75 Å². The maximum atomic E-state index is 11.5. The summed E-state index contributed by atoms with van der Waals surface area (Å²) in [4.78, 5) is 11.5. The summed E-state index contributed by atoms with van der Waals surface area (Å²) in [7, 11) is 0. The lowest BCUT2D eigenvalue weighted by molar-refractivity contribution is -0.123. The molecule has 0 aliphatic heterocycles. The third kappa shape index (κ3) is 4.38. The molecule has 0 spiro atoms. The number of hydrogen-bond acceptors (Lipinski definition) is 5. The highest BCUT2D eigenvalue weighted by Gasteiger charge is 2.04. The average molecular weight is 261 g/mol. The Morgan fingerprint density at radius 3 is 3.11 bits per heavy atom. The standard InChI is InChI=1S/C12H15N5O2/c1-9-3-2-4-10(7-9)19-8-12(18)13-6-5-11-14-16-17-15-11/h2-4,7H,5-6,8H2,1H3,(H,13,18)(H,14,15,16,17). The van der Waals surface area contributed by atoms with Crippen molar-refractivity contribution in [3.63, 3.8) is 0 Å². The average Bonchev–Trinajstić information content (AvgIpc) is 2.90. The molecule has 7 nitrogen and oxygen atoms in total. The van der Waals surface area contributed by atoms with Crippen LogP contribution >= 0.6 is 0 Å². The van der Waals surface area contributed by atoms with Gasteiger partial charge in [-0.2, -0.15) is 5.21 Å². The second kappa shape index (κ2) is 6.48. The molecular weight excluding hydrogens is 246 g/mol. The highest BCUT2D eigenvalue weighted by atomic mass is 16.5. The number of amides is 1. The van der Waals surface area contributed by atoms with Gasteiger partial charge in [-0.15, -0.1) is 10.2 Å². The van der Waals surface area contributed by atoms with Crippen LogP contribution < -0.4 is 10.1 Å². The fourth-order valence-electron chi connectivity index (χ4n) is 1.51. The van der Waals surface area contributed by atoms with Gasteiger partial charge >= 0.3 is 0 Å². The zero-order chi connectivity index (χ0) is 13.5. The number of nitrogens with zero attached hydrogens (tertiary/aromatic N) is 3. The van der Waals surface area contributed by atoms with E-state index in [0.717, 1.165) is 5.56 Å². The van der Waals surface area contributed by atoms with Gasteiger partial charge in [-0.1, -0.05) is 17.3 Å². The molecule has 0 saturated heterocycles. The maximum absolute atomic E-state index is 11.5. The summed E-state index contributed by atoms with van der Waals surface area (Å²) in [6.45, 7) is 2.42. The first-order valence-corrected chi connectivity index (χ1v) is 5.92. The van der Waals surface area contributed by atoms with E-state index in [-0.39, 0.29) is 12.5 Å². The number of carbonyl (C=O) groups excluding carboxylic acids is 1. The second-order valence-corrected chi connectivity index (χ2v) is 4.03. The molecule has 1 aromatic carbocycles. The number of ether oxygens (including phenoxy) is 1. The quantitative estimate of drug-likeness (QED) is 0.777. The van der Waals surface area contributed by atoms with Gasteiger partial charge in [0, 0.05) is 13.0 Å². The van der Waals surface area contributed by atoms with Gasteiger partial charge in [0.05, 0.1) is 0 Å². The fourth-order valence-corrected chi connectivity index (χ4v) is 1.51. The Balaban J connectivity index is 1.67. The van der Waals surface area contributed by atoms with Crippen molar-refractivity contribution >= 4 is 5.91 Å². The normalized spacial score (nSPS) is 10.2. The Labute approximate surface area is 110 Å². The second-order valence-electron chi connectivity index (χ2n) is 4.03. The van der Waals surface area contributed by atoms with E-state index in [1.807, 2.05) is 31.2 Å². The van der Waals surface area contributed by atoms with Crippen LogP contribution in [-0.2, 0) is 11.2 Å². The summed E-state index contributed by atoms with van der Waals surface area (Å²) in [5.74, 6) is 1.08. The van der Waals surface area contributed by atoms with Crippen molar-refractivity contribution < 1.29 is 9.53 Å². The maximum Gasteiger partial charge on any atom is 0.257 e. The Kier molecular flexibility index (Phi) is 4.44. The van der Waals surface area contributed by atoms with Crippen molar-refractivity contribution in [1.82, 2.24) is 25.9 Å². The summed E-state index contributed by atoms with van der Waals surface area (Å²) >= 11 is 0. The number of benzene rings is 1. The highest BCUT2D eigenvalue weighted by Crippen LogP contribution is 2.11. The smallest absolute Gasteiger partial charge is 0.257 e. The van der Waals surface area contributed by atoms with Gasteiger partial charge in [0.2, 0.25) is 0 Å². The minimum atomic E-state index is -0.176. The van der Waals surface area contributed by atoms with Crippen molar-refractivity contribution in [1.29, 1.82) is 0 Å². The summed E-state index contributed by atoms with van der Waals surface area (Å²) in [5.41, 5.74) is 1.09. The van der Waals surface area contributed by atoms with E-state index >= 15 is 0 Å². The number of aromatic amines is 1. The molecule has 1 aromatic heterocycles. The van der Waals surface area contributed by atoms with Crippen molar-refractivity contribution in [3.05, 3.63) is 35.7 Å². The monoisotopic (exact) mass is 261 g/mol. The number of hydrogen-bond donors (Lipinski definition) is 2. The molecule has 0 radical (unpaired) electrons. The molecule has 2 rings (SSSR count). The third-order valence-electron chi connectivity index (χ3n) is 2.42. The lowest BCUT2D eigenvalue weighted by atomic mass is 10.2. The Morgan fingerprint density at radius 2 is 2.37 bits per heavy atom. The van der Waals surface area contributed by atoms with Gasteiger partial charge in [-0.25, -0.2) is 0 Å². The first-order chi connectivity index (χ1) is 9.24. The third-order valence-corrected chi connectivity index (χ3v) is 2.42. The zero-order valence-electron chi connectivity index (χ0n) is 10.6. The first kappa shape index (κ1) is 13.0. The van der Waals surface area contributed by atoms with Gasteiger partial charge < -0.3 is 10.1 Å². The van der Waals surface area contributed by atoms with E-state index in [9.17, 15) is 4.79 Å². The van der Waals surface area contributed by atoms with Gasteiger partial charge in [-0.3, -0.25) is 4.79 Å². The predicted molar refractivity (Wildman–Crippen MR) is 67.6 cm³/mol. The van der Waals surface area contributed by atoms with E-state index in [4.69, 9.17) is 4.74 Å². The number of tetrazole rings is 1. The van der Waals surface area contributed by atoms with Gasteiger partial charge in [0.1, 0.15) is 5.75 Å². The minimum Gasteiger partial charge on any atom is -0.484 e. The van der Waals surface area contributed by atoms with Crippen molar-refractivity contribution in [2.75, 3.05) is 13.2 Å². The summed E-state index contributed by atoms with van der Waals surface area (Å²) in [5, 5.41) is 16.1. The number of aromatic nitrogens is 4. The largest absolute Gasteiger partial charge is 0.484 e. The van der Waals surface area contributed by atoms with Gasteiger partial charge in [0.25, 0.3) is 5.91 Å². The minimum absolute atomic E-state index is 0.00427. The molecule has 0 saturated carbocycles. The van der Waals surface area contributed by atoms with Crippen LogP contribution in [0.3, 0.4) is 0 Å². The lowest BCUT2D eigenvalue weighted by Crippen LogP contribution is -2.30. The van der Waals surface area contributed by atoms with Crippen LogP contribution in [-0.4, -0.2) is 39.7 Å². The fraction of sp³-hybridized carbons (Fsp3) is 0.333. The SMILES string of the molecule is Cc1cccc(OCC(=O)NCCc2nn[nH]n2)c1. The van der Waals surface area contributed by atoms with Crippen LogP contribution in [0.2, 0.25) is 0 Å². The molecule has 2 N–H and O–H groups in total. The van der Waals surface area contributed by atoms with E-state index in [0.29, 0.717) is 24.5 Å². The molecule has 0 unspecified atom stereocenters. The summed E-state index contributed by atoms with van der Waals surface area (Å²) in [6, 6.07) is 7.56. The number of H-pyrrole nitrogens is 1. The van der Waals surface area contributed by atoms with Gasteiger partial charge in [0.15, 0.2) is 12.4 Å². The number of rotatable bonds is 6. The first-order valence-electron chi connectivity index (χ1n) is 5.92. The van der Waals surface area contributed by atoms with E-state index < -0.39 is 0 Å². The molecule has 1 amide bonds. The molecule has 19 heavy (non-hydrogen) atoms. The zero-order valence-corrected chi connectivity index (χ0v) is 10.6. The topological polar surface area (TPSA) is 92.8 Å². The van der Waals surface area contributed by atoms with Crippen LogP contribution in [0.5, 0.6) is 5.75 Å². The van der Waals surface area contributed by atoms with Crippen molar-refractivity contribution in [2.24, 2.45) is 0 Å².